The predicted octanol–water partition coefficient (Wildman–Crippen LogP) is 1.67. The molecule has 0 spiro atoms. The van der Waals surface area contributed by atoms with Gasteiger partial charge >= 0.3 is 0 Å². The molecule has 0 bridgehead atoms. The van der Waals surface area contributed by atoms with Crippen LogP contribution in [-0.2, 0) is 6.42 Å². The van der Waals surface area contributed by atoms with Crippen LogP contribution >= 0.6 is 0 Å². The molecule has 1 saturated heterocycles. The first-order valence-electron chi connectivity index (χ1n) is 8.78. The lowest BCUT2D eigenvalue weighted by Gasteiger charge is -2.32. The molecule has 0 saturated carbocycles. The van der Waals surface area contributed by atoms with Gasteiger partial charge in [-0.1, -0.05) is 24.3 Å². The summed E-state index contributed by atoms with van der Waals surface area (Å²) in [6.45, 7) is 4.48. The molecule has 4 rings (SSSR count). The number of carbonyl (C=O) groups excluding carboxylic acids is 1. The van der Waals surface area contributed by atoms with Gasteiger partial charge in [0.15, 0.2) is 0 Å². The second-order valence-electron chi connectivity index (χ2n) is 6.64. The maximum absolute atomic E-state index is 12.6. The normalized spacial score (nSPS) is 18.2. The Bertz CT molecular complexity index is 770. The van der Waals surface area contributed by atoms with Crippen molar-refractivity contribution in [1.29, 1.82) is 0 Å². The highest BCUT2D eigenvalue weighted by Gasteiger charge is 2.22. The number of aromatic nitrogens is 1. The van der Waals surface area contributed by atoms with Crippen molar-refractivity contribution in [3.8, 4) is 0 Å². The number of pyridine rings is 1. The molecular formula is C19H23N5O. The Kier molecular flexibility index (Phi) is 4.38. The van der Waals surface area contributed by atoms with Gasteiger partial charge in [-0.05, 0) is 37.2 Å². The SMILES string of the molecule is CN1CCN(NC(=O)c2cccc(N3CCc4ccccc43)n2)CC1. The van der Waals surface area contributed by atoms with E-state index in [0.717, 1.165) is 45.0 Å². The second-order valence-corrected chi connectivity index (χ2v) is 6.64. The molecule has 130 valence electrons. The van der Waals surface area contributed by atoms with Gasteiger partial charge < -0.3 is 9.80 Å². The van der Waals surface area contributed by atoms with E-state index >= 15 is 0 Å². The maximum Gasteiger partial charge on any atom is 0.284 e. The largest absolute Gasteiger partial charge is 0.326 e. The van der Waals surface area contributed by atoms with Gasteiger partial charge in [0, 0.05) is 38.4 Å². The quantitative estimate of drug-likeness (QED) is 0.923. The number of hydrogen-bond donors (Lipinski definition) is 1. The molecule has 6 nitrogen and oxygen atoms in total. The van der Waals surface area contributed by atoms with Crippen LogP contribution in [0.1, 0.15) is 16.1 Å². The van der Waals surface area contributed by atoms with Gasteiger partial charge in [-0.3, -0.25) is 10.2 Å². The minimum atomic E-state index is -0.140. The standard InChI is InChI=1S/C19H23N5O/c1-22-11-13-23(14-12-22)21-19(25)16-6-4-8-18(20-16)24-10-9-15-5-2-3-7-17(15)24/h2-8H,9-14H2,1H3,(H,21,25). The first kappa shape index (κ1) is 16.1. The summed E-state index contributed by atoms with van der Waals surface area (Å²) in [5.74, 6) is 0.690. The maximum atomic E-state index is 12.6. The minimum absolute atomic E-state index is 0.140. The second kappa shape index (κ2) is 6.82. The highest BCUT2D eigenvalue weighted by Crippen LogP contribution is 2.33. The molecule has 1 aromatic heterocycles. The number of hydrogen-bond acceptors (Lipinski definition) is 5. The Balaban J connectivity index is 1.49. The number of nitrogens with one attached hydrogen (secondary N) is 1. The summed E-state index contributed by atoms with van der Waals surface area (Å²) in [7, 11) is 2.10. The molecule has 2 aliphatic heterocycles. The fourth-order valence-electron chi connectivity index (χ4n) is 3.40. The molecule has 3 heterocycles. The molecule has 1 aromatic carbocycles. The van der Waals surface area contributed by atoms with Gasteiger partial charge in [0.1, 0.15) is 11.5 Å². The Labute approximate surface area is 148 Å². The Hall–Kier alpha value is -2.44. The number of amides is 1. The van der Waals surface area contributed by atoms with Crippen LogP contribution in [0.3, 0.4) is 0 Å². The fourth-order valence-corrected chi connectivity index (χ4v) is 3.40. The van der Waals surface area contributed by atoms with Crippen molar-refractivity contribution in [1.82, 2.24) is 20.3 Å². The Morgan fingerprint density at radius 2 is 1.80 bits per heavy atom. The van der Waals surface area contributed by atoms with Crippen LogP contribution < -0.4 is 10.3 Å². The van der Waals surface area contributed by atoms with E-state index in [1.807, 2.05) is 23.2 Å². The molecule has 1 fully saturated rings. The number of hydrazine groups is 1. The molecule has 6 heteroatoms. The van der Waals surface area contributed by atoms with E-state index < -0.39 is 0 Å². The molecule has 1 amide bonds. The highest BCUT2D eigenvalue weighted by atomic mass is 16.2. The van der Waals surface area contributed by atoms with E-state index in [1.54, 1.807) is 6.07 Å². The molecule has 2 aliphatic rings. The minimum Gasteiger partial charge on any atom is -0.326 e. The summed E-state index contributed by atoms with van der Waals surface area (Å²) in [6.07, 6.45) is 1.01. The van der Waals surface area contributed by atoms with E-state index in [2.05, 4.69) is 45.5 Å². The lowest BCUT2D eigenvalue weighted by atomic mass is 10.2. The van der Waals surface area contributed by atoms with E-state index in [9.17, 15) is 4.79 Å². The zero-order valence-corrected chi connectivity index (χ0v) is 14.5. The zero-order valence-electron chi connectivity index (χ0n) is 14.5. The average molecular weight is 337 g/mol. The number of nitrogens with zero attached hydrogens (tertiary/aromatic N) is 4. The van der Waals surface area contributed by atoms with Gasteiger partial charge in [0.25, 0.3) is 5.91 Å². The van der Waals surface area contributed by atoms with E-state index in [1.165, 1.54) is 11.3 Å². The molecule has 0 radical (unpaired) electrons. The highest BCUT2D eigenvalue weighted by molar-refractivity contribution is 5.92. The van der Waals surface area contributed by atoms with Crippen LogP contribution in [0, 0.1) is 0 Å². The summed E-state index contributed by atoms with van der Waals surface area (Å²) in [6, 6.07) is 14.0. The van der Waals surface area contributed by atoms with Crippen molar-refractivity contribution in [2.45, 2.75) is 6.42 Å². The van der Waals surface area contributed by atoms with Crippen LogP contribution in [0.2, 0.25) is 0 Å². The predicted molar refractivity (Wildman–Crippen MR) is 97.9 cm³/mol. The molecule has 0 atom stereocenters. The number of fused-ring (bicyclic) bond motifs is 1. The van der Waals surface area contributed by atoms with E-state index in [4.69, 9.17) is 0 Å². The van der Waals surface area contributed by atoms with Gasteiger partial charge in [-0.25, -0.2) is 9.99 Å². The number of benzene rings is 1. The Morgan fingerprint density at radius 1 is 1.00 bits per heavy atom. The monoisotopic (exact) mass is 337 g/mol. The number of rotatable bonds is 3. The van der Waals surface area contributed by atoms with Gasteiger partial charge in [0.05, 0.1) is 0 Å². The summed E-state index contributed by atoms with van der Waals surface area (Å²) in [5.41, 5.74) is 5.96. The van der Waals surface area contributed by atoms with E-state index in [0.29, 0.717) is 5.69 Å². The van der Waals surface area contributed by atoms with Crippen molar-refractivity contribution in [3.63, 3.8) is 0 Å². The van der Waals surface area contributed by atoms with Crippen LogP contribution in [0.25, 0.3) is 0 Å². The molecule has 1 N–H and O–H groups in total. The topological polar surface area (TPSA) is 51.7 Å². The van der Waals surface area contributed by atoms with Gasteiger partial charge in [0.2, 0.25) is 0 Å². The summed E-state index contributed by atoms with van der Waals surface area (Å²) in [4.78, 5) is 21.6. The lowest BCUT2D eigenvalue weighted by molar-refractivity contribution is 0.0658. The lowest BCUT2D eigenvalue weighted by Crippen LogP contribution is -2.52. The third-order valence-electron chi connectivity index (χ3n) is 4.89. The molecular weight excluding hydrogens is 314 g/mol. The summed E-state index contributed by atoms with van der Waals surface area (Å²) >= 11 is 0. The molecule has 0 unspecified atom stereocenters. The molecule has 25 heavy (non-hydrogen) atoms. The average Bonchev–Trinajstić information content (AvgIpc) is 3.08. The first-order chi connectivity index (χ1) is 12.2. The van der Waals surface area contributed by atoms with Crippen molar-refractivity contribution in [3.05, 3.63) is 53.7 Å². The third-order valence-corrected chi connectivity index (χ3v) is 4.89. The first-order valence-corrected chi connectivity index (χ1v) is 8.78. The number of likely N-dealkylation sites (N-methyl/N-ethyl adjacent to an activating group) is 1. The zero-order chi connectivity index (χ0) is 17.2. The van der Waals surface area contributed by atoms with Gasteiger partial charge in [-0.15, -0.1) is 0 Å². The van der Waals surface area contributed by atoms with Crippen molar-refractivity contribution < 1.29 is 4.79 Å². The van der Waals surface area contributed by atoms with Gasteiger partial charge in [-0.2, -0.15) is 0 Å². The third kappa shape index (κ3) is 3.36. The van der Waals surface area contributed by atoms with Crippen LogP contribution in [0.4, 0.5) is 11.5 Å². The van der Waals surface area contributed by atoms with Crippen molar-refractivity contribution in [2.75, 3.05) is 44.7 Å². The summed E-state index contributed by atoms with van der Waals surface area (Å²) in [5, 5.41) is 1.97. The molecule has 0 aliphatic carbocycles. The van der Waals surface area contributed by atoms with Crippen LogP contribution in [0.5, 0.6) is 0 Å². The number of anilines is 2. The molecule has 2 aromatic rings. The number of piperazine rings is 1. The van der Waals surface area contributed by atoms with Crippen molar-refractivity contribution in [2.24, 2.45) is 0 Å². The Morgan fingerprint density at radius 3 is 2.64 bits per heavy atom. The number of carbonyl (C=O) groups is 1. The number of para-hydroxylation sites is 1. The van der Waals surface area contributed by atoms with Crippen LogP contribution in [-0.4, -0.2) is 60.6 Å². The summed E-state index contributed by atoms with van der Waals surface area (Å²) < 4.78 is 0. The van der Waals surface area contributed by atoms with Crippen molar-refractivity contribution >= 4 is 17.4 Å². The van der Waals surface area contributed by atoms with Crippen LogP contribution in [0.15, 0.2) is 42.5 Å². The smallest absolute Gasteiger partial charge is 0.284 e. The van der Waals surface area contributed by atoms with E-state index in [-0.39, 0.29) is 5.91 Å². The fraction of sp³-hybridized carbons (Fsp3) is 0.368.